The van der Waals surface area contributed by atoms with Gasteiger partial charge in [0.15, 0.2) is 0 Å². The Bertz CT molecular complexity index is 915. The number of rotatable bonds is 4. The number of benzene rings is 2. The van der Waals surface area contributed by atoms with Crippen LogP contribution in [0.4, 0.5) is 11.4 Å². The Morgan fingerprint density at radius 1 is 1.04 bits per heavy atom. The van der Waals surface area contributed by atoms with Crippen LogP contribution in [-0.2, 0) is 4.79 Å². The molecule has 134 valence electrons. The second-order valence-corrected chi connectivity index (χ2v) is 7.07. The third-order valence-electron chi connectivity index (χ3n) is 4.58. The first-order valence-corrected chi connectivity index (χ1v) is 8.68. The van der Waals surface area contributed by atoms with Crippen molar-refractivity contribution < 1.29 is 14.4 Å². The Morgan fingerprint density at radius 2 is 1.73 bits per heavy atom. The lowest BCUT2D eigenvalue weighted by molar-refractivity contribution is -0.116. The minimum atomic E-state index is -0.362. The molecule has 0 unspecified atom stereocenters. The van der Waals surface area contributed by atoms with Crippen LogP contribution in [0.2, 0.25) is 0 Å². The summed E-state index contributed by atoms with van der Waals surface area (Å²) in [6.45, 7) is 7.77. The van der Waals surface area contributed by atoms with Gasteiger partial charge >= 0.3 is 0 Å². The third-order valence-corrected chi connectivity index (χ3v) is 4.58. The molecule has 0 atom stereocenters. The quantitative estimate of drug-likeness (QED) is 0.845. The summed E-state index contributed by atoms with van der Waals surface area (Å²) in [5.74, 6) is -0.562. The van der Waals surface area contributed by atoms with E-state index in [2.05, 4.69) is 5.32 Å². The molecule has 2 aromatic carbocycles. The first-order chi connectivity index (χ1) is 12.3. The maximum atomic E-state index is 12.9. The minimum absolute atomic E-state index is 0.108. The summed E-state index contributed by atoms with van der Waals surface area (Å²) in [4.78, 5) is 38.8. The van der Waals surface area contributed by atoms with Crippen LogP contribution in [0, 0.1) is 19.8 Å². The highest BCUT2D eigenvalue weighted by molar-refractivity contribution is 6.35. The number of carbonyl (C=O) groups is 3. The highest BCUT2D eigenvalue weighted by Gasteiger charge is 2.37. The number of carbonyl (C=O) groups excluding carboxylic acids is 3. The zero-order valence-corrected chi connectivity index (χ0v) is 15.4. The van der Waals surface area contributed by atoms with Gasteiger partial charge in [0.05, 0.1) is 16.8 Å². The van der Waals surface area contributed by atoms with Crippen LogP contribution in [0.25, 0.3) is 0 Å². The molecule has 0 aliphatic carbocycles. The van der Waals surface area contributed by atoms with Crippen LogP contribution in [0.3, 0.4) is 0 Å². The van der Waals surface area contributed by atoms with E-state index in [1.54, 1.807) is 24.3 Å². The van der Waals surface area contributed by atoms with Gasteiger partial charge in [-0.1, -0.05) is 26.0 Å². The summed E-state index contributed by atoms with van der Waals surface area (Å²) >= 11 is 0. The molecule has 0 bridgehead atoms. The molecule has 26 heavy (non-hydrogen) atoms. The maximum Gasteiger partial charge on any atom is 0.266 e. The fourth-order valence-corrected chi connectivity index (χ4v) is 3.10. The van der Waals surface area contributed by atoms with E-state index in [1.807, 2.05) is 39.8 Å². The van der Waals surface area contributed by atoms with Gasteiger partial charge in [0.2, 0.25) is 5.91 Å². The van der Waals surface area contributed by atoms with Gasteiger partial charge in [-0.15, -0.1) is 0 Å². The number of imide groups is 1. The molecule has 0 fully saturated rings. The van der Waals surface area contributed by atoms with Crippen LogP contribution in [0.1, 0.15) is 52.1 Å². The van der Waals surface area contributed by atoms with Crippen molar-refractivity contribution in [2.24, 2.45) is 5.92 Å². The number of hydrogen-bond acceptors (Lipinski definition) is 3. The zero-order valence-electron chi connectivity index (χ0n) is 15.4. The van der Waals surface area contributed by atoms with Gasteiger partial charge in [0, 0.05) is 12.1 Å². The van der Waals surface area contributed by atoms with Gasteiger partial charge in [-0.25, -0.2) is 4.90 Å². The molecule has 0 saturated heterocycles. The predicted molar refractivity (Wildman–Crippen MR) is 102 cm³/mol. The van der Waals surface area contributed by atoms with Gasteiger partial charge in [0.1, 0.15) is 0 Å². The van der Waals surface area contributed by atoms with E-state index in [4.69, 9.17) is 0 Å². The molecule has 3 amide bonds. The average molecular weight is 350 g/mol. The van der Waals surface area contributed by atoms with E-state index in [-0.39, 0.29) is 23.6 Å². The Kier molecular flexibility index (Phi) is 4.64. The molecule has 0 radical (unpaired) electrons. The number of nitrogens with zero attached hydrogens (tertiary/aromatic N) is 1. The van der Waals surface area contributed by atoms with Gasteiger partial charge in [-0.2, -0.15) is 0 Å². The second-order valence-electron chi connectivity index (χ2n) is 7.07. The number of aryl methyl sites for hydroxylation is 1. The molecule has 0 spiro atoms. The summed E-state index contributed by atoms with van der Waals surface area (Å²) in [5, 5.41) is 2.79. The number of nitrogens with one attached hydrogen (secondary N) is 1. The molecule has 3 rings (SSSR count). The Labute approximate surface area is 153 Å². The molecule has 1 N–H and O–H groups in total. The van der Waals surface area contributed by atoms with E-state index < -0.39 is 0 Å². The fraction of sp³-hybridized carbons (Fsp3) is 0.286. The number of amides is 3. The lowest BCUT2D eigenvalue weighted by atomic mass is 10.1. The van der Waals surface area contributed by atoms with Gasteiger partial charge in [-0.05, 0) is 55.2 Å². The van der Waals surface area contributed by atoms with Crippen LogP contribution in [0.5, 0.6) is 0 Å². The summed E-state index contributed by atoms with van der Waals surface area (Å²) in [5.41, 5.74) is 3.71. The third kappa shape index (κ3) is 3.12. The highest BCUT2D eigenvalue weighted by atomic mass is 16.2. The normalized spacial score (nSPS) is 13.3. The number of hydrogen-bond donors (Lipinski definition) is 1. The monoisotopic (exact) mass is 350 g/mol. The topological polar surface area (TPSA) is 66.5 Å². The van der Waals surface area contributed by atoms with Crippen molar-refractivity contribution in [3.8, 4) is 0 Å². The van der Waals surface area contributed by atoms with Crippen LogP contribution < -0.4 is 10.2 Å². The van der Waals surface area contributed by atoms with Crippen LogP contribution in [0.15, 0.2) is 36.4 Å². The summed E-state index contributed by atoms with van der Waals surface area (Å²) < 4.78 is 0. The molecule has 0 aromatic heterocycles. The largest absolute Gasteiger partial charge is 0.326 e. The molecule has 1 aliphatic rings. The van der Waals surface area contributed by atoms with E-state index in [0.29, 0.717) is 28.9 Å². The number of fused-ring (bicyclic) bond motifs is 1. The number of anilines is 2. The smallest absolute Gasteiger partial charge is 0.266 e. The Balaban J connectivity index is 1.93. The van der Waals surface area contributed by atoms with Crippen molar-refractivity contribution in [1.82, 2.24) is 0 Å². The van der Waals surface area contributed by atoms with E-state index >= 15 is 0 Å². The van der Waals surface area contributed by atoms with Crippen LogP contribution >= 0.6 is 0 Å². The van der Waals surface area contributed by atoms with Crippen molar-refractivity contribution in [3.63, 3.8) is 0 Å². The van der Waals surface area contributed by atoms with Crippen molar-refractivity contribution in [1.29, 1.82) is 0 Å². The first kappa shape index (κ1) is 17.9. The van der Waals surface area contributed by atoms with Gasteiger partial charge < -0.3 is 5.32 Å². The first-order valence-electron chi connectivity index (χ1n) is 8.68. The van der Waals surface area contributed by atoms with Gasteiger partial charge in [0.25, 0.3) is 11.8 Å². The molecule has 2 aromatic rings. The van der Waals surface area contributed by atoms with E-state index in [1.165, 1.54) is 4.90 Å². The predicted octanol–water partition coefficient (Wildman–Crippen LogP) is 4.09. The SMILES string of the molecule is Cc1cccc(N2C(=O)c3ccc(NC(=O)CC(C)C)cc3C2=O)c1C. The summed E-state index contributed by atoms with van der Waals surface area (Å²) in [6, 6.07) is 10.4. The summed E-state index contributed by atoms with van der Waals surface area (Å²) in [7, 11) is 0. The lowest BCUT2D eigenvalue weighted by Crippen LogP contribution is -2.30. The average Bonchev–Trinajstić information content (AvgIpc) is 2.80. The fourth-order valence-electron chi connectivity index (χ4n) is 3.10. The molecule has 1 heterocycles. The van der Waals surface area contributed by atoms with E-state index in [0.717, 1.165) is 11.1 Å². The summed E-state index contributed by atoms with van der Waals surface area (Å²) in [6.07, 6.45) is 0.401. The zero-order chi connectivity index (χ0) is 19.0. The Morgan fingerprint density at radius 3 is 2.42 bits per heavy atom. The van der Waals surface area contributed by atoms with E-state index in [9.17, 15) is 14.4 Å². The molecular weight excluding hydrogens is 328 g/mol. The second kappa shape index (κ2) is 6.75. The molecule has 5 heteroatoms. The molecule has 5 nitrogen and oxygen atoms in total. The highest BCUT2D eigenvalue weighted by Crippen LogP contribution is 2.33. The molecule has 0 saturated carbocycles. The van der Waals surface area contributed by atoms with Crippen molar-refractivity contribution in [2.45, 2.75) is 34.1 Å². The van der Waals surface area contributed by atoms with Crippen LogP contribution in [-0.4, -0.2) is 17.7 Å². The minimum Gasteiger partial charge on any atom is -0.326 e. The van der Waals surface area contributed by atoms with Crippen molar-refractivity contribution >= 4 is 29.1 Å². The molecule has 1 aliphatic heterocycles. The standard InChI is InChI=1S/C21H22N2O3/c1-12(2)10-19(24)22-15-8-9-16-17(11-15)21(26)23(20(16)25)18-7-5-6-13(3)14(18)4/h5-9,11-12H,10H2,1-4H3,(H,22,24). The molecular formula is C21H22N2O3. The maximum absolute atomic E-state index is 12.9. The Hall–Kier alpha value is -2.95. The van der Waals surface area contributed by atoms with Crippen molar-refractivity contribution in [3.05, 3.63) is 58.7 Å². The lowest BCUT2D eigenvalue weighted by Gasteiger charge is -2.17. The van der Waals surface area contributed by atoms with Gasteiger partial charge in [-0.3, -0.25) is 14.4 Å². The van der Waals surface area contributed by atoms with Crippen molar-refractivity contribution in [2.75, 3.05) is 10.2 Å².